The molecule has 0 spiro atoms. The molecule has 2 aromatic carbocycles. The summed E-state index contributed by atoms with van der Waals surface area (Å²) in [5.41, 5.74) is 3.63. The Hall–Kier alpha value is -1.81. The van der Waals surface area contributed by atoms with E-state index in [2.05, 4.69) is 26.2 Å². The van der Waals surface area contributed by atoms with E-state index in [1.165, 1.54) is 0 Å². The normalized spacial score (nSPS) is 10.8. The number of nitrogens with zero attached hydrogens (tertiary/aromatic N) is 1. The second-order valence-corrected chi connectivity index (χ2v) is 4.79. The molecule has 0 fully saturated rings. The molecule has 0 saturated heterocycles. The van der Waals surface area contributed by atoms with Gasteiger partial charge in [-0.25, -0.2) is 4.98 Å². The number of hydrogen-bond acceptors (Lipinski definition) is 3. The number of halogens is 1. The van der Waals surface area contributed by atoms with Crippen molar-refractivity contribution >= 4 is 32.7 Å². The quantitative estimate of drug-likeness (QED) is 0.767. The molecule has 18 heavy (non-hydrogen) atoms. The van der Waals surface area contributed by atoms with E-state index in [0.717, 1.165) is 26.8 Å². The maximum Gasteiger partial charge on any atom is 0.228 e. The first-order valence-electron chi connectivity index (χ1n) is 5.61. The summed E-state index contributed by atoms with van der Waals surface area (Å²) in [5.74, 6) is 0.630. The average Bonchev–Trinajstić information content (AvgIpc) is 2.81. The first-order chi connectivity index (χ1) is 8.78. The lowest BCUT2D eigenvalue weighted by Gasteiger charge is -1.97. The van der Waals surface area contributed by atoms with Gasteiger partial charge in [0.1, 0.15) is 5.52 Å². The van der Waals surface area contributed by atoms with E-state index in [9.17, 15) is 0 Å². The number of fused-ring (bicyclic) bond motifs is 1. The lowest BCUT2D eigenvalue weighted by atomic mass is 10.2. The van der Waals surface area contributed by atoms with Crippen LogP contribution < -0.4 is 5.32 Å². The zero-order valence-electron chi connectivity index (χ0n) is 9.77. The van der Waals surface area contributed by atoms with Crippen LogP contribution in [0.5, 0.6) is 0 Å². The highest BCUT2D eigenvalue weighted by Crippen LogP contribution is 2.30. The molecule has 90 valence electrons. The molecular weight excluding hydrogens is 292 g/mol. The van der Waals surface area contributed by atoms with Crippen LogP contribution in [0.1, 0.15) is 0 Å². The zero-order chi connectivity index (χ0) is 12.5. The van der Waals surface area contributed by atoms with Gasteiger partial charge in [0.05, 0.1) is 5.56 Å². The highest BCUT2D eigenvalue weighted by Gasteiger charge is 2.10. The number of rotatable bonds is 2. The van der Waals surface area contributed by atoms with Crippen molar-refractivity contribution in [2.75, 3.05) is 12.4 Å². The molecule has 0 atom stereocenters. The molecule has 3 rings (SSSR count). The minimum absolute atomic E-state index is 0.630. The van der Waals surface area contributed by atoms with Crippen molar-refractivity contribution in [3.05, 3.63) is 46.9 Å². The Labute approximate surface area is 113 Å². The fraction of sp³-hybridized carbons (Fsp3) is 0.0714. The summed E-state index contributed by atoms with van der Waals surface area (Å²) in [6.07, 6.45) is 0. The Morgan fingerprint density at radius 1 is 1.17 bits per heavy atom. The standard InChI is InChI=1S/C14H11BrN2O/c1-16-9-6-7-13-12(8-9)17-14(18-13)10-4-2-3-5-11(10)15/h2-8,16H,1H3. The van der Waals surface area contributed by atoms with Gasteiger partial charge in [-0.05, 0) is 46.3 Å². The van der Waals surface area contributed by atoms with E-state index in [1.54, 1.807) is 0 Å². The third-order valence-corrected chi connectivity index (χ3v) is 3.47. The van der Waals surface area contributed by atoms with Crippen molar-refractivity contribution in [2.45, 2.75) is 0 Å². The van der Waals surface area contributed by atoms with Crippen molar-refractivity contribution in [3.63, 3.8) is 0 Å². The van der Waals surface area contributed by atoms with Crippen LogP contribution >= 0.6 is 15.9 Å². The lowest BCUT2D eigenvalue weighted by Crippen LogP contribution is -1.86. The van der Waals surface area contributed by atoms with Crippen molar-refractivity contribution in [1.29, 1.82) is 0 Å². The van der Waals surface area contributed by atoms with Gasteiger partial charge >= 0.3 is 0 Å². The van der Waals surface area contributed by atoms with Gasteiger partial charge in [-0.3, -0.25) is 0 Å². The fourth-order valence-corrected chi connectivity index (χ4v) is 2.29. The maximum absolute atomic E-state index is 5.77. The number of nitrogens with one attached hydrogen (secondary N) is 1. The largest absolute Gasteiger partial charge is 0.436 e. The molecule has 4 heteroatoms. The first-order valence-corrected chi connectivity index (χ1v) is 6.40. The molecule has 0 amide bonds. The van der Waals surface area contributed by atoms with E-state index in [-0.39, 0.29) is 0 Å². The average molecular weight is 303 g/mol. The van der Waals surface area contributed by atoms with Crippen LogP contribution in [-0.4, -0.2) is 12.0 Å². The molecule has 0 aliphatic rings. The molecule has 1 aromatic heterocycles. The molecule has 0 saturated carbocycles. The van der Waals surface area contributed by atoms with E-state index >= 15 is 0 Å². The van der Waals surface area contributed by atoms with Crippen LogP contribution in [0, 0.1) is 0 Å². The zero-order valence-corrected chi connectivity index (χ0v) is 11.4. The van der Waals surface area contributed by atoms with Crippen LogP contribution in [-0.2, 0) is 0 Å². The monoisotopic (exact) mass is 302 g/mol. The summed E-state index contributed by atoms with van der Waals surface area (Å²) in [6, 6.07) is 13.8. The molecular formula is C14H11BrN2O. The maximum atomic E-state index is 5.77. The summed E-state index contributed by atoms with van der Waals surface area (Å²) in [5, 5.41) is 3.09. The molecule has 0 bridgehead atoms. The van der Waals surface area contributed by atoms with Gasteiger partial charge in [0.25, 0.3) is 0 Å². The lowest BCUT2D eigenvalue weighted by molar-refractivity contribution is 0.619. The van der Waals surface area contributed by atoms with Gasteiger partial charge in [-0.2, -0.15) is 0 Å². The number of benzene rings is 2. The minimum atomic E-state index is 0.630. The third kappa shape index (κ3) is 1.88. The number of anilines is 1. The van der Waals surface area contributed by atoms with E-state index in [0.29, 0.717) is 5.89 Å². The predicted molar refractivity (Wildman–Crippen MR) is 76.7 cm³/mol. The van der Waals surface area contributed by atoms with Gasteiger partial charge < -0.3 is 9.73 Å². The van der Waals surface area contributed by atoms with Crippen LogP contribution in [0.4, 0.5) is 5.69 Å². The van der Waals surface area contributed by atoms with E-state index < -0.39 is 0 Å². The van der Waals surface area contributed by atoms with E-state index in [1.807, 2.05) is 49.5 Å². The van der Waals surface area contributed by atoms with Crippen LogP contribution in [0.25, 0.3) is 22.6 Å². The van der Waals surface area contributed by atoms with Gasteiger partial charge in [0.15, 0.2) is 5.58 Å². The topological polar surface area (TPSA) is 38.1 Å². The molecule has 0 aliphatic carbocycles. The van der Waals surface area contributed by atoms with Crippen molar-refractivity contribution in [3.8, 4) is 11.5 Å². The van der Waals surface area contributed by atoms with Gasteiger partial charge in [0, 0.05) is 17.2 Å². The molecule has 0 unspecified atom stereocenters. The Balaban J connectivity index is 2.17. The van der Waals surface area contributed by atoms with Crippen LogP contribution in [0.2, 0.25) is 0 Å². The number of hydrogen-bond donors (Lipinski definition) is 1. The molecule has 3 aromatic rings. The van der Waals surface area contributed by atoms with Crippen LogP contribution in [0.15, 0.2) is 51.4 Å². The second-order valence-electron chi connectivity index (χ2n) is 3.93. The minimum Gasteiger partial charge on any atom is -0.436 e. The number of oxazole rings is 1. The predicted octanol–water partition coefficient (Wildman–Crippen LogP) is 4.30. The Morgan fingerprint density at radius 3 is 2.78 bits per heavy atom. The molecule has 0 aliphatic heterocycles. The van der Waals surface area contributed by atoms with Crippen LogP contribution in [0.3, 0.4) is 0 Å². The Bertz CT molecular complexity index is 706. The van der Waals surface area contributed by atoms with Crippen molar-refractivity contribution in [2.24, 2.45) is 0 Å². The fourth-order valence-electron chi connectivity index (χ4n) is 1.83. The summed E-state index contributed by atoms with van der Waals surface area (Å²) >= 11 is 3.51. The SMILES string of the molecule is CNc1ccc2oc(-c3ccccc3Br)nc2c1. The molecule has 0 radical (unpaired) electrons. The highest BCUT2D eigenvalue weighted by molar-refractivity contribution is 9.10. The Morgan fingerprint density at radius 2 is 2.00 bits per heavy atom. The van der Waals surface area contributed by atoms with Crippen molar-refractivity contribution < 1.29 is 4.42 Å². The summed E-state index contributed by atoms with van der Waals surface area (Å²) in [6.45, 7) is 0. The Kier molecular flexibility index (Phi) is 2.80. The summed E-state index contributed by atoms with van der Waals surface area (Å²) < 4.78 is 6.74. The number of aromatic nitrogens is 1. The first kappa shape index (κ1) is 11.3. The van der Waals surface area contributed by atoms with Gasteiger partial charge in [-0.1, -0.05) is 12.1 Å². The smallest absolute Gasteiger partial charge is 0.228 e. The summed E-state index contributed by atoms with van der Waals surface area (Å²) in [4.78, 5) is 4.52. The van der Waals surface area contributed by atoms with Gasteiger partial charge in [-0.15, -0.1) is 0 Å². The molecule has 1 N–H and O–H groups in total. The van der Waals surface area contributed by atoms with Crippen molar-refractivity contribution in [1.82, 2.24) is 4.98 Å². The van der Waals surface area contributed by atoms with Gasteiger partial charge in [0.2, 0.25) is 5.89 Å². The molecule has 1 heterocycles. The highest BCUT2D eigenvalue weighted by atomic mass is 79.9. The van der Waals surface area contributed by atoms with E-state index in [4.69, 9.17) is 4.42 Å². The third-order valence-electron chi connectivity index (χ3n) is 2.78. The summed E-state index contributed by atoms with van der Waals surface area (Å²) in [7, 11) is 1.88. The molecule has 3 nitrogen and oxygen atoms in total. The second kappa shape index (κ2) is 4.46.